The van der Waals surface area contributed by atoms with Crippen molar-refractivity contribution in [1.82, 2.24) is 20.3 Å². The minimum atomic E-state index is 0.607. The molecular weight excluding hydrogens is 330 g/mol. The normalized spacial score (nSPS) is 10.9. The molecule has 120 valence electrons. The summed E-state index contributed by atoms with van der Waals surface area (Å²) in [5.41, 5.74) is 2.22. The number of benzene rings is 1. The molecule has 0 spiro atoms. The topological polar surface area (TPSA) is 76.7 Å². The van der Waals surface area contributed by atoms with Crippen molar-refractivity contribution in [3.05, 3.63) is 41.5 Å². The molecular formula is C15H17N5OS2. The highest BCUT2D eigenvalue weighted by atomic mass is 32.2. The van der Waals surface area contributed by atoms with E-state index in [1.54, 1.807) is 11.8 Å². The molecule has 0 saturated heterocycles. The van der Waals surface area contributed by atoms with Crippen LogP contribution in [-0.4, -0.2) is 20.3 Å². The highest BCUT2D eigenvalue weighted by Gasteiger charge is 2.10. The van der Waals surface area contributed by atoms with Crippen LogP contribution in [0.15, 0.2) is 33.1 Å². The molecule has 0 aliphatic carbocycles. The van der Waals surface area contributed by atoms with Crippen molar-refractivity contribution in [2.24, 2.45) is 0 Å². The van der Waals surface area contributed by atoms with Gasteiger partial charge in [-0.05, 0) is 25.0 Å². The summed E-state index contributed by atoms with van der Waals surface area (Å²) in [5.74, 6) is 2.00. The van der Waals surface area contributed by atoms with Crippen molar-refractivity contribution in [2.45, 2.75) is 36.8 Å². The summed E-state index contributed by atoms with van der Waals surface area (Å²) in [6.07, 6.45) is 1.86. The van der Waals surface area contributed by atoms with Gasteiger partial charge in [0.2, 0.25) is 11.0 Å². The van der Waals surface area contributed by atoms with Gasteiger partial charge in [0.05, 0.1) is 5.75 Å². The first kappa shape index (κ1) is 15.9. The summed E-state index contributed by atoms with van der Waals surface area (Å²) >= 11 is 3.06. The lowest BCUT2D eigenvalue weighted by Gasteiger charge is -2.04. The monoisotopic (exact) mass is 347 g/mol. The average molecular weight is 347 g/mol. The van der Waals surface area contributed by atoms with E-state index in [9.17, 15) is 0 Å². The fourth-order valence-corrected chi connectivity index (χ4v) is 3.55. The quantitative estimate of drug-likeness (QED) is 0.641. The third kappa shape index (κ3) is 4.29. The molecule has 3 rings (SSSR count). The Bertz CT molecular complexity index is 771. The zero-order chi connectivity index (χ0) is 16.1. The minimum absolute atomic E-state index is 0.607. The van der Waals surface area contributed by atoms with Gasteiger partial charge in [-0.1, -0.05) is 53.4 Å². The summed E-state index contributed by atoms with van der Waals surface area (Å²) in [5, 5.41) is 16.4. The van der Waals surface area contributed by atoms with Gasteiger partial charge in [-0.15, -0.1) is 10.2 Å². The Kier molecular flexibility index (Phi) is 5.24. The zero-order valence-corrected chi connectivity index (χ0v) is 14.6. The number of hydrogen-bond acceptors (Lipinski definition) is 8. The fraction of sp³-hybridized carbons (Fsp3) is 0.333. The number of aromatic nitrogens is 4. The average Bonchev–Trinajstić information content (AvgIpc) is 3.17. The van der Waals surface area contributed by atoms with Crippen LogP contribution in [0, 0.1) is 6.92 Å². The van der Waals surface area contributed by atoms with Gasteiger partial charge in [-0.2, -0.15) is 4.98 Å². The molecule has 6 nitrogen and oxygen atoms in total. The van der Waals surface area contributed by atoms with E-state index < -0.39 is 0 Å². The number of rotatable bonds is 7. The summed E-state index contributed by atoms with van der Waals surface area (Å²) in [4.78, 5) is 4.34. The van der Waals surface area contributed by atoms with E-state index in [-0.39, 0.29) is 0 Å². The SMILES string of the molecule is CCCc1noc(CSc2nnc(Nc3ccccc3C)s2)n1. The summed E-state index contributed by atoms with van der Waals surface area (Å²) in [6.45, 7) is 4.15. The van der Waals surface area contributed by atoms with Gasteiger partial charge < -0.3 is 9.84 Å². The summed E-state index contributed by atoms with van der Waals surface area (Å²) in [7, 11) is 0. The molecule has 0 atom stereocenters. The minimum Gasteiger partial charge on any atom is -0.338 e. The predicted octanol–water partition coefficient (Wildman–Crippen LogP) is 4.22. The lowest BCUT2D eigenvalue weighted by Crippen LogP contribution is -1.91. The third-order valence-corrected chi connectivity index (χ3v) is 5.05. The molecule has 1 aromatic carbocycles. The number of nitrogens with zero attached hydrogens (tertiary/aromatic N) is 4. The molecule has 23 heavy (non-hydrogen) atoms. The van der Waals surface area contributed by atoms with Gasteiger partial charge in [-0.25, -0.2) is 0 Å². The molecule has 2 aromatic heterocycles. The first-order chi connectivity index (χ1) is 11.2. The van der Waals surface area contributed by atoms with Crippen molar-refractivity contribution >= 4 is 33.9 Å². The van der Waals surface area contributed by atoms with Gasteiger partial charge in [0.15, 0.2) is 10.2 Å². The number of para-hydroxylation sites is 1. The second-order valence-electron chi connectivity index (χ2n) is 4.96. The number of anilines is 2. The maximum Gasteiger partial charge on any atom is 0.237 e. The van der Waals surface area contributed by atoms with Gasteiger partial charge in [0, 0.05) is 12.1 Å². The molecule has 0 bridgehead atoms. The largest absolute Gasteiger partial charge is 0.338 e. The molecule has 0 radical (unpaired) electrons. The Balaban J connectivity index is 1.57. The lowest BCUT2D eigenvalue weighted by atomic mass is 10.2. The van der Waals surface area contributed by atoms with Crippen LogP contribution in [0.1, 0.15) is 30.6 Å². The van der Waals surface area contributed by atoms with E-state index in [1.165, 1.54) is 16.9 Å². The first-order valence-corrected chi connectivity index (χ1v) is 9.15. The van der Waals surface area contributed by atoms with E-state index in [0.29, 0.717) is 11.6 Å². The molecule has 0 aliphatic rings. The van der Waals surface area contributed by atoms with Gasteiger partial charge in [0.25, 0.3) is 0 Å². The standard InChI is InChI=1S/C15H17N5OS2/c1-3-6-12-17-13(21-20-12)9-22-15-19-18-14(23-15)16-11-8-5-4-7-10(11)2/h4-5,7-8H,3,6,9H2,1-2H3,(H,16,18). The molecule has 0 saturated carbocycles. The third-order valence-electron chi connectivity index (χ3n) is 3.10. The van der Waals surface area contributed by atoms with Crippen LogP contribution in [0.25, 0.3) is 0 Å². The Morgan fingerprint density at radius 3 is 2.96 bits per heavy atom. The van der Waals surface area contributed by atoms with Gasteiger partial charge in [-0.3, -0.25) is 0 Å². The summed E-state index contributed by atoms with van der Waals surface area (Å²) in [6, 6.07) is 8.09. The second kappa shape index (κ2) is 7.56. The molecule has 0 amide bonds. The summed E-state index contributed by atoms with van der Waals surface area (Å²) < 4.78 is 6.09. The van der Waals surface area contributed by atoms with E-state index in [2.05, 4.69) is 45.6 Å². The van der Waals surface area contributed by atoms with E-state index in [0.717, 1.165) is 33.8 Å². The maximum atomic E-state index is 5.22. The Morgan fingerprint density at radius 1 is 1.26 bits per heavy atom. The number of hydrogen-bond donors (Lipinski definition) is 1. The van der Waals surface area contributed by atoms with Crippen LogP contribution in [0.5, 0.6) is 0 Å². The molecule has 1 N–H and O–H groups in total. The van der Waals surface area contributed by atoms with Crippen molar-refractivity contribution < 1.29 is 4.52 Å². The van der Waals surface area contributed by atoms with Crippen LogP contribution in [0.4, 0.5) is 10.8 Å². The lowest BCUT2D eigenvalue weighted by molar-refractivity contribution is 0.384. The fourth-order valence-electron chi connectivity index (χ4n) is 1.94. The molecule has 3 aromatic rings. The zero-order valence-electron chi connectivity index (χ0n) is 12.9. The molecule has 8 heteroatoms. The molecule has 0 aliphatic heterocycles. The highest BCUT2D eigenvalue weighted by molar-refractivity contribution is 8.00. The van der Waals surface area contributed by atoms with E-state index in [1.807, 2.05) is 18.2 Å². The smallest absolute Gasteiger partial charge is 0.237 e. The van der Waals surface area contributed by atoms with Crippen LogP contribution in [0.3, 0.4) is 0 Å². The second-order valence-corrected chi connectivity index (χ2v) is 7.16. The predicted molar refractivity (Wildman–Crippen MR) is 92.2 cm³/mol. The van der Waals surface area contributed by atoms with Crippen LogP contribution in [-0.2, 0) is 12.2 Å². The molecule has 0 unspecified atom stereocenters. The van der Waals surface area contributed by atoms with E-state index >= 15 is 0 Å². The van der Waals surface area contributed by atoms with E-state index in [4.69, 9.17) is 4.52 Å². The Labute approximate surface area is 142 Å². The van der Waals surface area contributed by atoms with Crippen molar-refractivity contribution in [2.75, 3.05) is 5.32 Å². The van der Waals surface area contributed by atoms with Crippen LogP contribution >= 0.6 is 23.1 Å². The van der Waals surface area contributed by atoms with Crippen LogP contribution in [0.2, 0.25) is 0 Å². The van der Waals surface area contributed by atoms with Gasteiger partial charge >= 0.3 is 0 Å². The Hall–Kier alpha value is -1.93. The van der Waals surface area contributed by atoms with Gasteiger partial charge in [0.1, 0.15) is 0 Å². The van der Waals surface area contributed by atoms with Crippen molar-refractivity contribution in [3.8, 4) is 0 Å². The first-order valence-electron chi connectivity index (χ1n) is 7.35. The van der Waals surface area contributed by atoms with Crippen molar-refractivity contribution in [3.63, 3.8) is 0 Å². The highest BCUT2D eigenvalue weighted by Crippen LogP contribution is 2.30. The number of thioether (sulfide) groups is 1. The maximum absolute atomic E-state index is 5.22. The molecule has 0 fully saturated rings. The van der Waals surface area contributed by atoms with Crippen molar-refractivity contribution in [1.29, 1.82) is 0 Å². The number of nitrogens with one attached hydrogen (secondary N) is 1. The van der Waals surface area contributed by atoms with Crippen LogP contribution < -0.4 is 5.32 Å². The molecule has 2 heterocycles. The Morgan fingerprint density at radius 2 is 2.13 bits per heavy atom. The number of aryl methyl sites for hydroxylation is 2.